The second-order valence-corrected chi connectivity index (χ2v) is 9.18. The maximum absolute atomic E-state index is 13.7. The summed E-state index contributed by atoms with van der Waals surface area (Å²) < 4.78 is 10.8. The second kappa shape index (κ2) is 11.2. The molecule has 5 nitrogen and oxygen atoms in total. The van der Waals surface area contributed by atoms with E-state index in [0.29, 0.717) is 22.7 Å². The Kier molecular flexibility index (Phi) is 7.36. The van der Waals surface area contributed by atoms with Gasteiger partial charge in [0, 0.05) is 16.8 Å². The molecule has 1 aliphatic heterocycles. The summed E-state index contributed by atoms with van der Waals surface area (Å²) in [5.41, 5.74) is 5.73. The zero-order valence-electron chi connectivity index (χ0n) is 21.5. The lowest BCUT2D eigenvalue weighted by Gasteiger charge is -2.21. The van der Waals surface area contributed by atoms with Crippen LogP contribution in [0.2, 0.25) is 0 Å². The van der Waals surface area contributed by atoms with E-state index in [9.17, 15) is 9.59 Å². The van der Waals surface area contributed by atoms with Crippen molar-refractivity contribution in [3.63, 3.8) is 0 Å². The molecule has 38 heavy (non-hydrogen) atoms. The number of hydrogen-bond acceptors (Lipinski definition) is 4. The molecule has 0 spiro atoms. The monoisotopic (exact) mass is 503 g/mol. The van der Waals surface area contributed by atoms with Crippen LogP contribution in [0.15, 0.2) is 107 Å². The third-order valence-electron chi connectivity index (χ3n) is 6.58. The predicted octanol–water partition coefficient (Wildman–Crippen LogP) is 7.55. The van der Waals surface area contributed by atoms with Gasteiger partial charge in [0.1, 0.15) is 11.5 Å². The van der Waals surface area contributed by atoms with Gasteiger partial charge in [0.15, 0.2) is 0 Å². The van der Waals surface area contributed by atoms with Gasteiger partial charge >= 0.3 is 5.97 Å². The molecule has 0 atom stereocenters. The van der Waals surface area contributed by atoms with Crippen LogP contribution < -0.4 is 4.90 Å². The van der Waals surface area contributed by atoms with Crippen molar-refractivity contribution in [1.82, 2.24) is 0 Å². The molecule has 5 rings (SSSR count). The Balaban J connectivity index is 1.45. The zero-order chi connectivity index (χ0) is 26.5. The van der Waals surface area contributed by atoms with Gasteiger partial charge in [-0.1, -0.05) is 67.9 Å². The summed E-state index contributed by atoms with van der Waals surface area (Å²) in [6.45, 7) is 2.19. The van der Waals surface area contributed by atoms with Crippen molar-refractivity contribution in [1.29, 1.82) is 0 Å². The molecule has 0 N–H and O–H groups in total. The lowest BCUT2D eigenvalue weighted by Crippen LogP contribution is -2.24. The van der Waals surface area contributed by atoms with E-state index in [4.69, 9.17) is 9.15 Å². The number of amides is 1. The van der Waals surface area contributed by atoms with E-state index >= 15 is 0 Å². The molecule has 1 amide bonds. The van der Waals surface area contributed by atoms with Crippen LogP contribution in [0.4, 0.5) is 5.69 Å². The van der Waals surface area contributed by atoms with Gasteiger partial charge in [0.25, 0.3) is 5.91 Å². The predicted molar refractivity (Wildman–Crippen MR) is 150 cm³/mol. The van der Waals surface area contributed by atoms with Crippen molar-refractivity contribution in [3.8, 4) is 11.3 Å². The summed E-state index contributed by atoms with van der Waals surface area (Å²) in [5.74, 6) is 0.721. The summed E-state index contributed by atoms with van der Waals surface area (Å²) in [4.78, 5) is 27.2. The van der Waals surface area contributed by atoms with E-state index in [1.807, 2.05) is 72.8 Å². The lowest BCUT2D eigenvalue weighted by atomic mass is 10.1. The number of aryl methyl sites for hydroxylation is 1. The van der Waals surface area contributed by atoms with Crippen LogP contribution in [-0.2, 0) is 16.0 Å². The molecular weight excluding hydrogens is 474 g/mol. The molecule has 0 aliphatic carbocycles. The van der Waals surface area contributed by atoms with Crippen LogP contribution in [0.1, 0.15) is 47.0 Å². The highest BCUT2D eigenvalue weighted by Crippen LogP contribution is 2.36. The molecule has 0 saturated heterocycles. The Bertz CT molecular complexity index is 1490. The normalized spacial score (nSPS) is 14.2. The standard InChI is InChI=1S/C33H29NO4/c1-3-4-8-23-11-17-28(18-12-23)34-30(24-9-6-5-7-10-24)22-27(32(34)35)21-29-19-20-31(38-29)25-13-15-26(16-14-25)33(36)37-2/h5-7,9-22H,3-4,8H2,1-2H3/b27-21+. The highest BCUT2D eigenvalue weighted by atomic mass is 16.5. The van der Waals surface area contributed by atoms with E-state index in [2.05, 4.69) is 19.1 Å². The van der Waals surface area contributed by atoms with Crippen molar-refractivity contribution in [2.75, 3.05) is 12.0 Å². The summed E-state index contributed by atoms with van der Waals surface area (Å²) in [5, 5.41) is 0. The van der Waals surface area contributed by atoms with Crippen molar-refractivity contribution < 1.29 is 18.7 Å². The van der Waals surface area contributed by atoms with E-state index in [1.54, 1.807) is 23.1 Å². The topological polar surface area (TPSA) is 59.8 Å². The molecule has 0 bridgehead atoms. The number of carbonyl (C=O) groups excluding carboxylic acids is 2. The van der Waals surface area contributed by atoms with E-state index < -0.39 is 0 Å². The molecule has 0 saturated carbocycles. The van der Waals surface area contributed by atoms with Gasteiger partial charge in [-0.25, -0.2) is 4.79 Å². The molecule has 0 fully saturated rings. The lowest BCUT2D eigenvalue weighted by molar-refractivity contribution is -0.113. The Labute approximate surface area is 222 Å². The number of rotatable bonds is 8. The number of esters is 1. The Morgan fingerprint density at radius 2 is 1.63 bits per heavy atom. The number of methoxy groups -OCH3 is 1. The third kappa shape index (κ3) is 5.23. The summed E-state index contributed by atoms with van der Waals surface area (Å²) in [6, 6.07) is 28.9. The van der Waals surface area contributed by atoms with Crippen LogP contribution in [0.5, 0.6) is 0 Å². The minimum atomic E-state index is -0.387. The maximum Gasteiger partial charge on any atom is 0.337 e. The first-order chi connectivity index (χ1) is 18.6. The molecular formula is C33H29NO4. The fraction of sp³-hybridized carbons (Fsp3) is 0.152. The molecule has 4 aromatic rings. The van der Waals surface area contributed by atoms with Gasteiger partial charge in [-0.3, -0.25) is 9.69 Å². The Morgan fingerprint density at radius 1 is 0.895 bits per heavy atom. The van der Waals surface area contributed by atoms with E-state index in [0.717, 1.165) is 41.8 Å². The minimum absolute atomic E-state index is 0.106. The summed E-state index contributed by atoms with van der Waals surface area (Å²) in [6.07, 6.45) is 7.01. The number of ether oxygens (including phenoxy) is 1. The number of carbonyl (C=O) groups is 2. The number of benzene rings is 3. The SMILES string of the molecule is CCCCc1ccc(N2C(=O)/C(=C/c3ccc(-c4ccc(C(=O)OC)cc4)o3)C=C2c2ccccc2)cc1. The number of unbranched alkanes of at least 4 members (excludes halogenated alkanes) is 1. The highest BCUT2D eigenvalue weighted by molar-refractivity contribution is 6.23. The zero-order valence-corrected chi connectivity index (χ0v) is 21.5. The molecule has 3 aromatic carbocycles. The smallest absolute Gasteiger partial charge is 0.337 e. The van der Waals surface area contributed by atoms with Crippen LogP contribution in [-0.4, -0.2) is 19.0 Å². The van der Waals surface area contributed by atoms with Gasteiger partial charge < -0.3 is 9.15 Å². The summed E-state index contributed by atoms with van der Waals surface area (Å²) >= 11 is 0. The molecule has 1 aromatic heterocycles. The first-order valence-electron chi connectivity index (χ1n) is 12.8. The number of anilines is 1. The van der Waals surface area contributed by atoms with Crippen LogP contribution in [0.25, 0.3) is 23.1 Å². The molecule has 0 radical (unpaired) electrons. The van der Waals surface area contributed by atoms with Gasteiger partial charge in [0.05, 0.1) is 18.4 Å². The fourth-order valence-electron chi connectivity index (χ4n) is 4.51. The van der Waals surface area contributed by atoms with Gasteiger partial charge in [-0.05, 0) is 72.5 Å². The van der Waals surface area contributed by atoms with Crippen molar-refractivity contribution >= 4 is 29.3 Å². The molecule has 190 valence electrons. The van der Waals surface area contributed by atoms with Crippen LogP contribution >= 0.6 is 0 Å². The van der Waals surface area contributed by atoms with Crippen LogP contribution in [0, 0.1) is 0 Å². The summed E-state index contributed by atoms with van der Waals surface area (Å²) in [7, 11) is 1.36. The third-order valence-corrected chi connectivity index (χ3v) is 6.58. The van der Waals surface area contributed by atoms with Crippen molar-refractivity contribution in [2.24, 2.45) is 0 Å². The average molecular weight is 504 g/mol. The van der Waals surface area contributed by atoms with Gasteiger partial charge in [0.2, 0.25) is 0 Å². The maximum atomic E-state index is 13.7. The minimum Gasteiger partial charge on any atom is -0.465 e. The highest BCUT2D eigenvalue weighted by Gasteiger charge is 2.30. The van der Waals surface area contributed by atoms with E-state index in [-0.39, 0.29) is 11.9 Å². The van der Waals surface area contributed by atoms with E-state index in [1.165, 1.54) is 12.7 Å². The quantitative estimate of drug-likeness (QED) is 0.184. The molecule has 2 heterocycles. The number of furan rings is 1. The molecule has 5 heteroatoms. The number of nitrogens with zero attached hydrogens (tertiary/aromatic N) is 1. The second-order valence-electron chi connectivity index (χ2n) is 9.18. The van der Waals surface area contributed by atoms with Crippen molar-refractivity contribution in [2.45, 2.75) is 26.2 Å². The molecule has 0 unspecified atom stereocenters. The first-order valence-corrected chi connectivity index (χ1v) is 12.8. The van der Waals surface area contributed by atoms with Crippen molar-refractivity contribution in [3.05, 3.63) is 125 Å². The van der Waals surface area contributed by atoms with Gasteiger partial charge in [-0.2, -0.15) is 0 Å². The van der Waals surface area contributed by atoms with Gasteiger partial charge in [-0.15, -0.1) is 0 Å². The number of hydrogen-bond donors (Lipinski definition) is 0. The average Bonchev–Trinajstić information content (AvgIpc) is 3.57. The largest absolute Gasteiger partial charge is 0.465 e. The Hall–Kier alpha value is -4.64. The van der Waals surface area contributed by atoms with Crippen LogP contribution in [0.3, 0.4) is 0 Å². The Morgan fingerprint density at radius 3 is 2.32 bits per heavy atom. The fourth-order valence-corrected chi connectivity index (χ4v) is 4.51. The molecule has 1 aliphatic rings. The first kappa shape index (κ1) is 25.0.